The lowest BCUT2D eigenvalue weighted by Gasteiger charge is -2.54. The predicted octanol–water partition coefficient (Wildman–Crippen LogP) is 2.42. The third kappa shape index (κ3) is 3.96. The monoisotopic (exact) mass is 359 g/mol. The van der Waals surface area contributed by atoms with Crippen LogP contribution in [-0.4, -0.2) is 73.9 Å². The second-order valence-corrected chi connectivity index (χ2v) is 8.43. The van der Waals surface area contributed by atoms with Gasteiger partial charge in [-0.25, -0.2) is 0 Å². The maximum Gasteiger partial charge on any atom is 0.0594 e. The number of ether oxygens (including phenoxy) is 2. The van der Waals surface area contributed by atoms with Gasteiger partial charge in [0.15, 0.2) is 0 Å². The highest BCUT2D eigenvalue weighted by Gasteiger charge is 2.47. The summed E-state index contributed by atoms with van der Waals surface area (Å²) < 4.78 is 11.3. The third-order valence-corrected chi connectivity index (χ3v) is 6.85. The molecule has 0 amide bonds. The third-order valence-electron chi connectivity index (χ3n) is 6.85. The minimum Gasteiger partial charge on any atom is -0.384 e. The summed E-state index contributed by atoms with van der Waals surface area (Å²) in [6, 6.07) is 4.98. The number of likely N-dealkylation sites (tertiary alicyclic amines) is 1. The number of nitrogens with zero attached hydrogens (tertiary/aromatic N) is 3. The van der Waals surface area contributed by atoms with E-state index in [0.29, 0.717) is 5.41 Å². The normalized spacial score (nSPS) is 33.7. The highest BCUT2D eigenvalue weighted by molar-refractivity contribution is 5.09. The molecule has 1 aromatic rings. The smallest absolute Gasteiger partial charge is 0.0594 e. The minimum absolute atomic E-state index is 0.331. The number of aromatic nitrogens is 1. The van der Waals surface area contributed by atoms with E-state index in [9.17, 15) is 0 Å². The SMILES string of the molecule is COC[C@@]12CC[C@@H](N3CCOCC3)C[C@H]1CCN(Cc1cccnc1)C2. The Morgan fingerprint density at radius 1 is 1.27 bits per heavy atom. The van der Waals surface area contributed by atoms with Crippen LogP contribution in [0.5, 0.6) is 0 Å². The molecule has 0 radical (unpaired) electrons. The maximum absolute atomic E-state index is 5.75. The van der Waals surface area contributed by atoms with Gasteiger partial charge in [-0.3, -0.25) is 14.8 Å². The summed E-state index contributed by atoms with van der Waals surface area (Å²) in [5.41, 5.74) is 1.65. The Labute approximate surface area is 157 Å². The number of hydrogen-bond acceptors (Lipinski definition) is 5. The summed E-state index contributed by atoms with van der Waals surface area (Å²) in [5.74, 6) is 0.786. The van der Waals surface area contributed by atoms with Crippen molar-refractivity contribution in [2.45, 2.75) is 38.3 Å². The van der Waals surface area contributed by atoms with Crippen LogP contribution in [0.4, 0.5) is 0 Å². The van der Waals surface area contributed by atoms with Gasteiger partial charge in [-0.15, -0.1) is 0 Å². The van der Waals surface area contributed by atoms with Gasteiger partial charge in [-0.05, 0) is 49.8 Å². The molecule has 5 heteroatoms. The van der Waals surface area contributed by atoms with E-state index >= 15 is 0 Å². The number of morpholine rings is 1. The van der Waals surface area contributed by atoms with Gasteiger partial charge in [0.25, 0.3) is 0 Å². The van der Waals surface area contributed by atoms with Crippen LogP contribution in [0.1, 0.15) is 31.2 Å². The molecule has 1 aromatic heterocycles. The van der Waals surface area contributed by atoms with Crippen molar-refractivity contribution in [1.29, 1.82) is 0 Å². The molecule has 3 heterocycles. The van der Waals surface area contributed by atoms with Crippen molar-refractivity contribution < 1.29 is 9.47 Å². The van der Waals surface area contributed by atoms with Crippen molar-refractivity contribution >= 4 is 0 Å². The molecule has 0 spiro atoms. The van der Waals surface area contributed by atoms with Crippen molar-refractivity contribution in [3.8, 4) is 0 Å². The summed E-state index contributed by atoms with van der Waals surface area (Å²) in [4.78, 5) is 9.59. The molecule has 0 N–H and O–H groups in total. The van der Waals surface area contributed by atoms with Gasteiger partial charge in [-0.2, -0.15) is 0 Å². The van der Waals surface area contributed by atoms with E-state index in [4.69, 9.17) is 9.47 Å². The first-order chi connectivity index (χ1) is 12.8. The highest BCUT2D eigenvalue weighted by Crippen LogP contribution is 2.48. The van der Waals surface area contributed by atoms with Crippen LogP contribution in [-0.2, 0) is 16.0 Å². The van der Waals surface area contributed by atoms with Crippen LogP contribution in [0.3, 0.4) is 0 Å². The zero-order valence-corrected chi connectivity index (χ0v) is 16.1. The average Bonchev–Trinajstić information content (AvgIpc) is 2.69. The summed E-state index contributed by atoms with van der Waals surface area (Å²) in [7, 11) is 1.87. The van der Waals surface area contributed by atoms with Gasteiger partial charge in [-0.1, -0.05) is 6.07 Å². The van der Waals surface area contributed by atoms with Crippen LogP contribution in [0.25, 0.3) is 0 Å². The summed E-state index contributed by atoms with van der Waals surface area (Å²) in [6.45, 7) is 8.31. The number of piperidine rings is 1. The van der Waals surface area contributed by atoms with Crippen molar-refractivity contribution in [3.63, 3.8) is 0 Å². The zero-order chi connectivity index (χ0) is 17.8. The molecule has 0 aromatic carbocycles. The van der Waals surface area contributed by atoms with E-state index in [1.807, 2.05) is 25.6 Å². The fourth-order valence-corrected chi connectivity index (χ4v) is 5.53. The van der Waals surface area contributed by atoms with Crippen LogP contribution in [0, 0.1) is 11.3 Å². The second kappa shape index (κ2) is 8.34. The van der Waals surface area contributed by atoms with Crippen molar-refractivity contribution in [2.75, 3.05) is 53.1 Å². The van der Waals surface area contributed by atoms with Crippen LogP contribution >= 0.6 is 0 Å². The number of rotatable bonds is 5. The molecular weight excluding hydrogens is 326 g/mol. The van der Waals surface area contributed by atoms with E-state index < -0.39 is 0 Å². The Hall–Kier alpha value is -1.01. The quantitative estimate of drug-likeness (QED) is 0.807. The topological polar surface area (TPSA) is 37.8 Å². The van der Waals surface area contributed by atoms with Gasteiger partial charge in [0.2, 0.25) is 0 Å². The van der Waals surface area contributed by atoms with Crippen LogP contribution in [0.15, 0.2) is 24.5 Å². The first-order valence-electron chi connectivity index (χ1n) is 10.2. The molecule has 3 atom stereocenters. The number of pyridine rings is 1. The average molecular weight is 360 g/mol. The van der Waals surface area contributed by atoms with Gasteiger partial charge in [0.05, 0.1) is 19.8 Å². The van der Waals surface area contributed by atoms with E-state index in [1.165, 1.54) is 37.8 Å². The first kappa shape index (κ1) is 18.4. The number of fused-ring (bicyclic) bond motifs is 1. The minimum atomic E-state index is 0.331. The van der Waals surface area contributed by atoms with E-state index in [2.05, 4.69) is 20.9 Å². The van der Waals surface area contributed by atoms with E-state index in [-0.39, 0.29) is 0 Å². The van der Waals surface area contributed by atoms with E-state index in [0.717, 1.165) is 58.0 Å². The molecule has 144 valence electrons. The standard InChI is InChI=1S/C21H33N3O2/c1-25-17-21-6-4-20(24-9-11-26-12-10-24)13-19(21)5-8-23(16-21)15-18-3-2-7-22-14-18/h2-3,7,14,19-20H,4-6,8-13,15-17H2,1H3/t19-,20-,21+/m1/s1. The Bertz CT molecular complexity index is 564. The second-order valence-electron chi connectivity index (χ2n) is 8.43. The fourth-order valence-electron chi connectivity index (χ4n) is 5.53. The molecule has 1 saturated carbocycles. The van der Waals surface area contributed by atoms with Crippen LogP contribution in [0.2, 0.25) is 0 Å². The molecule has 3 fully saturated rings. The Kier molecular flexibility index (Phi) is 5.89. The Morgan fingerprint density at radius 3 is 2.92 bits per heavy atom. The van der Waals surface area contributed by atoms with Crippen molar-refractivity contribution in [1.82, 2.24) is 14.8 Å². The van der Waals surface area contributed by atoms with Gasteiger partial charge in [0.1, 0.15) is 0 Å². The Balaban J connectivity index is 1.42. The summed E-state index contributed by atoms with van der Waals surface area (Å²) in [6.07, 6.45) is 9.09. The molecule has 0 bridgehead atoms. The molecule has 2 saturated heterocycles. The lowest BCUT2D eigenvalue weighted by atomic mass is 9.62. The maximum atomic E-state index is 5.75. The van der Waals surface area contributed by atoms with Gasteiger partial charge >= 0.3 is 0 Å². The lowest BCUT2D eigenvalue weighted by molar-refractivity contribution is -0.0871. The predicted molar refractivity (Wildman–Crippen MR) is 102 cm³/mol. The highest BCUT2D eigenvalue weighted by atomic mass is 16.5. The van der Waals surface area contributed by atoms with Crippen molar-refractivity contribution in [2.24, 2.45) is 11.3 Å². The molecule has 26 heavy (non-hydrogen) atoms. The summed E-state index contributed by atoms with van der Waals surface area (Å²) >= 11 is 0. The lowest BCUT2D eigenvalue weighted by Crippen LogP contribution is -2.56. The van der Waals surface area contributed by atoms with Gasteiger partial charge in [0, 0.05) is 57.1 Å². The molecule has 3 aliphatic rings. The molecule has 2 aliphatic heterocycles. The summed E-state index contributed by atoms with van der Waals surface area (Å²) in [5, 5.41) is 0. The van der Waals surface area contributed by atoms with E-state index in [1.54, 1.807) is 0 Å². The number of hydrogen-bond donors (Lipinski definition) is 0. The number of methoxy groups -OCH3 is 1. The molecule has 5 nitrogen and oxygen atoms in total. The fraction of sp³-hybridized carbons (Fsp3) is 0.762. The van der Waals surface area contributed by atoms with Gasteiger partial charge < -0.3 is 9.47 Å². The Morgan fingerprint density at radius 2 is 2.15 bits per heavy atom. The first-order valence-corrected chi connectivity index (χ1v) is 10.2. The zero-order valence-electron chi connectivity index (χ0n) is 16.1. The molecular formula is C21H33N3O2. The molecule has 1 aliphatic carbocycles. The molecule has 0 unspecified atom stereocenters. The largest absolute Gasteiger partial charge is 0.384 e. The van der Waals surface area contributed by atoms with Crippen molar-refractivity contribution in [3.05, 3.63) is 30.1 Å². The van der Waals surface area contributed by atoms with Crippen LogP contribution < -0.4 is 0 Å². The molecule has 4 rings (SSSR count).